The Labute approximate surface area is 162 Å². The Morgan fingerprint density at radius 3 is 2.77 bits per heavy atom. The topological polar surface area (TPSA) is 52.7 Å². The van der Waals surface area contributed by atoms with Crippen LogP contribution in [0.5, 0.6) is 0 Å². The largest absolute Gasteiger partial charge is 0.338 e. The van der Waals surface area contributed by atoms with Gasteiger partial charge in [0.25, 0.3) is 0 Å². The molecular weight excluding hydrogens is 350 g/mol. The Balaban J connectivity index is 0.00000243. The van der Waals surface area contributed by atoms with Gasteiger partial charge >= 0.3 is 0 Å². The van der Waals surface area contributed by atoms with Gasteiger partial charge in [-0.3, -0.25) is 9.59 Å². The number of nitrogens with one attached hydrogen (secondary N) is 1. The van der Waals surface area contributed by atoms with Gasteiger partial charge in [0.05, 0.1) is 5.92 Å². The molecule has 0 bridgehead atoms. The van der Waals surface area contributed by atoms with Crippen LogP contribution in [0.4, 0.5) is 5.69 Å². The van der Waals surface area contributed by atoms with E-state index in [0.717, 1.165) is 43.7 Å². The fraction of sp³-hybridized carbons (Fsp3) is 0.600. The number of anilines is 1. The molecule has 2 aliphatic heterocycles. The van der Waals surface area contributed by atoms with Crippen molar-refractivity contribution in [2.24, 2.45) is 5.92 Å². The first kappa shape index (κ1) is 20.7. The van der Waals surface area contributed by atoms with E-state index in [1.54, 1.807) is 0 Å². The lowest BCUT2D eigenvalue weighted by atomic mass is 10.0. The molecule has 26 heavy (non-hydrogen) atoms. The van der Waals surface area contributed by atoms with Crippen LogP contribution in [0.15, 0.2) is 18.2 Å². The van der Waals surface area contributed by atoms with Crippen LogP contribution in [0.1, 0.15) is 37.3 Å². The zero-order valence-electron chi connectivity index (χ0n) is 16.0. The lowest BCUT2D eigenvalue weighted by Gasteiger charge is -2.30. The van der Waals surface area contributed by atoms with Gasteiger partial charge < -0.3 is 15.1 Å². The minimum atomic E-state index is -0.223. The van der Waals surface area contributed by atoms with E-state index in [4.69, 9.17) is 0 Å². The molecule has 3 rings (SSSR count). The van der Waals surface area contributed by atoms with Crippen LogP contribution < -0.4 is 10.2 Å². The van der Waals surface area contributed by atoms with E-state index in [9.17, 15) is 9.59 Å². The lowest BCUT2D eigenvalue weighted by molar-refractivity contribution is -0.137. The number of aryl methyl sites for hydroxylation is 1. The maximum absolute atomic E-state index is 13.1. The molecule has 0 aromatic heterocycles. The first-order valence-corrected chi connectivity index (χ1v) is 9.40. The number of hydrogen-bond acceptors (Lipinski definition) is 3. The Bertz CT molecular complexity index is 658. The Morgan fingerprint density at radius 1 is 1.35 bits per heavy atom. The van der Waals surface area contributed by atoms with Gasteiger partial charge in [-0.15, -0.1) is 12.4 Å². The minimum Gasteiger partial charge on any atom is -0.338 e. The van der Waals surface area contributed by atoms with Gasteiger partial charge in [0.15, 0.2) is 0 Å². The van der Waals surface area contributed by atoms with E-state index in [1.165, 1.54) is 5.56 Å². The van der Waals surface area contributed by atoms with Crippen molar-refractivity contribution in [2.75, 3.05) is 31.1 Å². The molecule has 2 heterocycles. The van der Waals surface area contributed by atoms with Gasteiger partial charge in [-0.05, 0) is 50.4 Å². The lowest BCUT2D eigenvalue weighted by Crippen LogP contribution is -2.45. The Hall–Kier alpha value is -1.59. The van der Waals surface area contributed by atoms with Crippen molar-refractivity contribution >= 4 is 29.9 Å². The molecule has 2 atom stereocenters. The van der Waals surface area contributed by atoms with Crippen molar-refractivity contribution < 1.29 is 9.59 Å². The molecule has 6 heteroatoms. The minimum absolute atomic E-state index is 0. The Morgan fingerprint density at radius 2 is 2.12 bits per heavy atom. The summed E-state index contributed by atoms with van der Waals surface area (Å²) in [5, 5.41) is 3.34. The van der Waals surface area contributed by atoms with E-state index in [0.29, 0.717) is 13.0 Å². The average molecular weight is 380 g/mol. The second kappa shape index (κ2) is 8.87. The number of halogens is 1. The van der Waals surface area contributed by atoms with E-state index < -0.39 is 0 Å². The summed E-state index contributed by atoms with van der Waals surface area (Å²) in [4.78, 5) is 29.5. The zero-order valence-corrected chi connectivity index (χ0v) is 16.8. The number of amides is 2. The highest BCUT2D eigenvalue weighted by Crippen LogP contribution is 2.30. The third-order valence-electron chi connectivity index (χ3n) is 5.56. The third kappa shape index (κ3) is 4.04. The molecule has 0 spiro atoms. The third-order valence-corrected chi connectivity index (χ3v) is 5.56. The van der Waals surface area contributed by atoms with E-state index >= 15 is 0 Å². The zero-order chi connectivity index (χ0) is 18.0. The van der Waals surface area contributed by atoms with Gasteiger partial charge in [-0.25, -0.2) is 0 Å². The standard InChI is InChI=1S/C20H29N3O2.ClH/c1-4-10-22(17-8-9-21-12-17)20(25)16-11-19(24)23(13-16)18-7-5-6-14(2)15(18)3;/h5-7,16-17,21H,4,8-13H2,1-3H3;1H. The molecule has 2 saturated heterocycles. The maximum Gasteiger partial charge on any atom is 0.228 e. The normalized spacial score (nSPS) is 22.4. The van der Waals surface area contributed by atoms with E-state index in [-0.39, 0.29) is 36.2 Å². The highest BCUT2D eigenvalue weighted by atomic mass is 35.5. The van der Waals surface area contributed by atoms with Crippen molar-refractivity contribution in [1.82, 2.24) is 10.2 Å². The summed E-state index contributed by atoms with van der Waals surface area (Å²) in [6.45, 7) is 9.31. The highest BCUT2D eigenvalue weighted by molar-refractivity contribution is 6.01. The van der Waals surface area contributed by atoms with Gasteiger partial charge in [-0.1, -0.05) is 19.1 Å². The molecule has 144 valence electrons. The van der Waals surface area contributed by atoms with Crippen molar-refractivity contribution in [2.45, 2.75) is 46.1 Å². The second-order valence-corrected chi connectivity index (χ2v) is 7.30. The molecule has 2 amide bonds. The average Bonchev–Trinajstić information content (AvgIpc) is 3.24. The molecule has 1 aromatic rings. The molecule has 1 N–H and O–H groups in total. The van der Waals surface area contributed by atoms with E-state index in [1.807, 2.05) is 28.9 Å². The van der Waals surface area contributed by atoms with E-state index in [2.05, 4.69) is 25.2 Å². The maximum atomic E-state index is 13.1. The second-order valence-electron chi connectivity index (χ2n) is 7.30. The number of benzene rings is 1. The summed E-state index contributed by atoms with van der Waals surface area (Å²) in [7, 11) is 0. The summed E-state index contributed by atoms with van der Waals surface area (Å²) in [5.41, 5.74) is 3.24. The number of rotatable bonds is 5. The SMILES string of the molecule is CCCN(C(=O)C1CC(=O)N(c2cccc(C)c2C)C1)C1CCNC1.Cl. The molecule has 1 aromatic carbocycles. The predicted octanol–water partition coefficient (Wildman–Crippen LogP) is 2.68. The Kier molecular flexibility index (Phi) is 7.07. The number of nitrogens with zero attached hydrogens (tertiary/aromatic N) is 2. The van der Waals surface area contributed by atoms with Crippen LogP contribution >= 0.6 is 12.4 Å². The highest BCUT2D eigenvalue weighted by Gasteiger charge is 2.39. The van der Waals surface area contributed by atoms with Crippen LogP contribution in [-0.4, -0.2) is 48.9 Å². The predicted molar refractivity (Wildman–Crippen MR) is 107 cm³/mol. The van der Waals surface area contributed by atoms with Crippen molar-refractivity contribution in [3.63, 3.8) is 0 Å². The number of carbonyl (C=O) groups is 2. The van der Waals surface area contributed by atoms with Gasteiger partial charge in [0.1, 0.15) is 0 Å². The van der Waals surface area contributed by atoms with Gasteiger partial charge in [-0.2, -0.15) is 0 Å². The van der Waals surface area contributed by atoms with Crippen molar-refractivity contribution in [3.8, 4) is 0 Å². The van der Waals surface area contributed by atoms with Gasteiger partial charge in [0.2, 0.25) is 11.8 Å². The molecule has 2 unspecified atom stereocenters. The van der Waals surface area contributed by atoms with Crippen molar-refractivity contribution in [1.29, 1.82) is 0 Å². The fourth-order valence-electron chi connectivity index (χ4n) is 3.99. The van der Waals surface area contributed by atoms with Crippen LogP contribution in [0.2, 0.25) is 0 Å². The van der Waals surface area contributed by atoms with Gasteiger partial charge in [0, 0.05) is 37.8 Å². The van der Waals surface area contributed by atoms with Crippen LogP contribution in [0.3, 0.4) is 0 Å². The molecule has 5 nitrogen and oxygen atoms in total. The summed E-state index contributed by atoms with van der Waals surface area (Å²) >= 11 is 0. The molecular formula is C20H30ClN3O2. The number of carbonyl (C=O) groups excluding carboxylic acids is 2. The summed E-state index contributed by atoms with van der Waals surface area (Å²) in [6.07, 6.45) is 2.28. The first-order valence-electron chi connectivity index (χ1n) is 9.40. The summed E-state index contributed by atoms with van der Waals surface area (Å²) in [5.74, 6) is -0.00989. The molecule has 0 radical (unpaired) electrons. The fourth-order valence-corrected chi connectivity index (χ4v) is 3.99. The van der Waals surface area contributed by atoms with Crippen LogP contribution in [-0.2, 0) is 9.59 Å². The monoisotopic (exact) mass is 379 g/mol. The van der Waals surface area contributed by atoms with Crippen LogP contribution in [0.25, 0.3) is 0 Å². The molecule has 2 aliphatic rings. The smallest absolute Gasteiger partial charge is 0.228 e. The summed E-state index contributed by atoms with van der Waals surface area (Å²) < 4.78 is 0. The number of hydrogen-bond donors (Lipinski definition) is 1. The van der Waals surface area contributed by atoms with Crippen molar-refractivity contribution in [3.05, 3.63) is 29.3 Å². The quantitative estimate of drug-likeness (QED) is 0.855. The molecule has 0 aliphatic carbocycles. The first-order chi connectivity index (χ1) is 12.0. The summed E-state index contributed by atoms with van der Waals surface area (Å²) in [6, 6.07) is 6.29. The van der Waals surface area contributed by atoms with Crippen LogP contribution in [0, 0.1) is 19.8 Å². The molecule has 0 saturated carbocycles. The molecule has 2 fully saturated rings.